The van der Waals surface area contributed by atoms with Crippen LogP contribution in [0.4, 0.5) is 4.79 Å². The highest BCUT2D eigenvalue weighted by Crippen LogP contribution is 2.20. The standard InChI is InChI=1S/C15H24N2O2/c1-5-12(4)14(16-11(2)3)17-15(18)19-13-9-7-6-8-10-13/h5,13H,2,6-10H2,1,3-4H3,(H,16,17,18)/b12-5-. The zero-order valence-electron chi connectivity index (χ0n) is 12.2. The van der Waals surface area contributed by atoms with Gasteiger partial charge in [-0.25, -0.2) is 9.79 Å². The van der Waals surface area contributed by atoms with Crippen LogP contribution in [0, 0.1) is 0 Å². The molecular formula is C15H24N2O2. The van der Waals surface area contributed by atoms with Gasteiger partial charge >= 0.3 is 6.09 Å². The van der Waals surface area contributed by atoms with Crippen molar-refractivity contribution in [3.05, 3.63) is 23.9 Å². The molecule has 4 nitrogen and oxygen atoms in total. The number of aliphatic imine (C=N–C) groups is 1. The molecule has 1 fully saturated rings. The number of amides is 1. The number of ether oxygens (including phenoxy) is 1. The molecule has 0 heterocycles. The van der Waals surface area contributed by atoms with Crippen molar-refractivity contribution in [2.75, 3.05) is 0 Å². The summed E-state index contributed by atoms with van der Waals surface area (Å²) in [6.07, 6.45) is 6.95. The van der Waals surface area contributed by atoms with E-state index in [-0.39, 0.29) is 6.10 Å². The van der Waals surface area contributed by atoms with Crippen LogP contribution in [0.3, 0.4) is 0 Å². The van der Waals surface area contributed by atoms with Gasteiger partial charge in [-0.15, -0.1) is 0 Å². The first kappa shape index (κ1) is 15.5. The number of hydrogen-bond acceptors (Lipinski definition) is 3. The molecule has 4 heteroatoms. The Labute approximate surface area is 115 Å². The van der Waals surface area contributed by atoms with Gasteiger partial charge in [0, 0.05) is 5.70 Å². The van der Waals surface area contributed by atoms with Crippen LogP contribution in [0.2, 0.25) is 0 Å². The molecule has 19 heavy (non-hydrogen) atoms. The molecule has 0 atom stereocenters. The third-order valence-electron chi connectivity index (χ3n) is 3.16. The lowest BCUT2D eigenvalue weighted by Crippen LogP contribution is -2.35. The molecule has 0 aliphatic heterocycles. The van der Waals surface area contributed by atoms with E-state index in [1.54, 1.807) is 6.92 Å². The Bertz CT molecular complexity index is 391. The summed E-state index contributed by atoms with van der Waals surface area (Å²) in [5.74, 6) is 0.510. The summed E-state index contributed by atoms with van der Waals surface area (Å²) in [6.45, 7) is 9.31. The van der Waals surface area contributed by atoms with E-state index in [0.717, 1.165) is 31.3 Å². The Morgan fingerprint density at radius 1 is 1.32 bits per heavy atom. The molecule has 106 valence electrons. The molecule has 0 bridgehead atoms. The lowest BCUT2D eigenvalue weighted by molar-refractivity contribution is 0.0791. The molecule has 1 aliphatic carbocycles. The Hall–Kier alpha value is -1.58. The van der Waals surface area contributed by atoms with Gasteiger partial charge in [-0.2, -0.15) is 0 Å². The van der Waals surface area contributed by atoms with Crippen LogP contribution in [0.1, 0.15) is 52.9 Å². The van der Waals surface area contributed by atoms with Crippen LogP contribution in [-0.2, 0) is 4.74 Å². The second-order valence-electron chi connectivity index (χ2n) is 4.96. The topological polar surface area (TPSA) is 50.7 Å². The number of carbonyl (C=O) groups excluding carboxylic acids is 1. The summed E-state index contributed by atoms with van der Waals surface area (Å²) in [6, 6.07) is 0. The maximum Gasteiger partial charge on any atom is 0.413 e. The van der Waals surface area contributed by atoms with E-state index in [9.17, 15) is 4.79 Å². The predicted molar refractivity (Wildman–Crippen MR) is 78.2 cm³/mol. The van der Waals surface area contributed by atoms with E-state index in [1.807, 2.05) is 19.9 Å². The molecule has 1 saturated carbocycles. The average Bonchev–Trinajstić information content (AvgIpc) is 2.37. The number of alkyl carbamates (subject to hydrolysis) is 1. The molecule has 1 rings (SSSR count). The molecule has 1 N–H and O–H groups in total. The molecule has 0 unspecified atom stereocenters. The van der Waals surface area contributed by atoms with Crippen molar-refractivity contribution in [2.24, 2.45) is 4.99 Å². The molecule has 1 amide bonds. The summed E-state index contributed by atoms with van der Waals surface area (Å²) < 4.78 is 5.41. The fourth-order valence-corrected chi connectivity index (χ4v) is 2.00. The molecule has 0 saturated heterocycles. The van der Waals surface area contributed by atoms with Crippen LogP contribution >= 0.6 is 0 Å². The van der Waals surface area contributed by atoms with Gasteiger partial charge in [0.05, 0.1) is 0 Å². The van der Waals surface area contributed by atoms with Crippen molar-refractivity contribution >= 4 is 11.9 Å². The van der Waals surface area contributed by atoms with Crippen molar-refractivity contribution in [1.29, 1.82) is 0 Å². The van der Waals surface area contributed by atoms with E-state index < -0.39 is 6.09 Å². The lowest BCUT2D eigenvalue weighted by Gasteiger charge is -2.22. The zero-order valence-corrected chi connectivity index (χ0v) is 12.2. The van der Waals surface area contributed by atoms with E-state index >= 15 is 0 Å². The van der Waals surface area contributed by atoms with Gasteiger partial charge in [0.2, 0.25) is 0 Å². The average molecular weight is 264 g/mol. The monoisotopic (exact) mass is 264 g/mol. The van der Waals surface area contributed by atoms with E-state index in [0.29, 0.717) is 11.5 Å². The summed E-state index contributed by atoms with van der Waals surface area (Å²) in [5, 5.41) is 2.71. The number of hydrogen-bond donors (Lipinski definition) is 1. The predicted octanol–water partition coefficient (Wildman–Crippen LogP) is 3.94. The van der Waals surface area contributed by atoms with Gasteiger partial charge in [-0.05, 0) is 52.0 Å². The molecule has 0 radical (unpaired) electrons. The first-order valence-electron chi connectivity index (χ1n) is 6.88. The van der Waals surface area contributed by atoms with Gasteiger partial charge in [0.15, 0.2) is 0 Å². The molecular weight excluding hydrogens is 240 g/mol. The minimum absolute atomic E-state index is 0.0470. The number of allylic oxidation sites excluding steroid dienone is 2. The Balaban J connectivity index is 2.58. The second kappa shape index (κ2) is 7.77. The smallest absolute Gasteiger partial charge is 0.413 e. The molecule has 0 spiro atoms. The summed E-state index contributed by atoms with van der Waals surface area (Å²) in [5.41, 5.74) is 1.54. The third-order valence-corrected chi connectivity index (χ3v) is 3.16. The third kappa shape index (κ3) is 5.73. The van der Waals surface area contributed by atoms with Gasteiger partial charge in [-0.1, -0.05) is 19.1 Å². The Kier molecular flexibility index (Phi) is 6.33. The largest absolute Gasteiger partial charge is 0.446 e. The molecule has 0 aromatic carbocycles. The summed E-state index contributed by atoms with van der Waals surface area (Å²) in [4.78, 5) is 16.1. The van der Waals surface area contributed by atoms with E-state index in [4.69, 9.17) is 4.74 Å². The van der Waals surface area contributed by atoms with Crippen LogP contribution in [0.5, 0.6) is 0 Å². The number of carbonyl (C=O) groups is 1. The van der Waals surface area contributed by atoms with Gasteiger partial charge in [0.25, 0.3) is 0 Å². The van der Waals surface area contributed by atoms with Crippen LogP contribution in [-0.4, -0.2) is 18.0 Å². The van der Waals surface area contributed by atoms with Crippen molar-refractivity contribution in [3.63, 3.8) is 0 Å². The van der Waals surface area contributed by atoms with Crippen LogP contribution in [0.25, 0.3) is 0 Å². The fraction of sp³-hybridized carbons (Fsp3) is 0.600. The maximum atomic E-state index is 11.9. The Morgan fingerprint density at radius 3 is 2.47 bits per heavy atom. The van der Waals surface area contributed by atoms with Crippen LogP contribution < -0.4 is 5.32 Å². The van der Waals surface area contributed by atoms with E-state index in [2.05, 4.69) is 16.9 Å². The zero-order chi connectivity index (χ0) is 14.3. The van der Waals surface area contributed by atoms with Gasteiger partial charge < -0.3 is 4.74 Å². The number of amidine groups is 1. The highest BCUT2D eigenvalue weighted by atomic mass is 16.6. The highest BCUT2D eigenvalue weighted by Gasteiger charge is 2.18. The quantitative estimate of drug-likeness (QED) is 0.620. The number of nitrogens with zero attached hydrogens (tertiary/aromatic N) is 1. The minimum Gasteiger partial charge on any atom is -0.446 e. The summed E-state index contributed by atoms with van der Waals surface area (Å²) in [7, 11) is 0. The van der Waals surface area contributed by atoms with Crippen molar-refractivity contribution in [2.45, 2.75) is 59.0 Å². The van der Waals surface area contributed by atoms with Crippen molar-refractivity contribution in [3.8, 4) is 0 Å². The lowest BCUT2D eigenvalue weighted by atomic mass is 9.98. The second-order valence-corrected chi connectivity index (χ2v) is 4.96. The van der Waals surface area contributed by atoms with Crippen molar-refractivity contribution in [1.82, 2.24) is 5.32 Å². The van der Waals surface area contributed by atoms with Gasteiger partial charge in [-0.3, -0.25) is 5.32 Å². The fourth-order valence-electron chi connectivity index (χ4n) is 2.00. The molecule has 0 aromatic rings. The maximum absolute atomic E-state index is 11.9. The van der Waals surface area contributed by atoms with Crippen LogP contribution in [0.15, 0.2) is 28.9 Å². The first-order chi connectivity index (χ1) is 9.02. The highest BCUT2D eigenvalue weighted by molar-refractivity contribution is 6.06. The SMILES string of the molecule is C=C(C)N=C(NC(=O)OC1CCCCC1)/C(C)=C\C. The number of nitrogens with one attached hydrogen (secondary N) is 1. The van der Waals surface area contributed by atoms with Gasteiger partial charge in [0.1, 0.15) is 11.9 Å². The molecule has 0 aromatic heterocycles. The van der Waals surface area contributed by atoms with Crippen molar-refractivity contribution < 1.29 is 9.53 Å². The van der Waals surface area contributed by atoms with E-state index in [1.165, 1.54) is 6.42 Å². The normalized spacial score (nSPS) is 18.1. The molecule has 1 aliphatic rings. The first-order valence-corrected chi connectivity index (χ1v) is 6.88. The minimum atomic E-state index is -0.423. The summed E-state index contributed by atoms with van der Waals surface area (Å²) >= 11 is 0. The Morgan fingerprint density at radius 2 is 1.95 bits per heavy atom. The number of rotatable bonds is 3.